The second-order valence-corrected chi connectivity index (χ2v) is 6.18. The van der Waals surface area contributed by atoms with Gasteiger partial charge in [0.05, 0.1) is 18.0 Å². The summed E-state index contributed by atoms with van der Waals surface area (Å²) in [5.74, 6) is 0. The van der Waals surface area contributed by atoms with Crippen molar-refractivity contribution in [1.82, 2.24) is 10.3 Å². The van der Waals surface area contributed by atoms with E-state index >= 15 is 0 Å². The Kier molecular flexibility index (Phi) is 5.39. The summed E-state index contributed by atoms with van der Waals surface area (Å²) in [6, 6.07) is -0.457. The third-order valence-electron chi connectivity index (χ3n) is 1.97. The van der Waals surface area contributed by atoms with Crippen LogP contribution in [0.15, 0.2) is 0 Å². The van der Waals surface area contributed by atoms with Gasteiger partial charge in [-0.15, -0.1) is 0 Å². The lowest BCUT2D eigenvalue weighted by Crippen LogP contribution is -2.36. The van der Waals surface area contributed by atoms with Gasteiger partial charge in [-0.3, -0.25) is 0 Å². The number of methoxy groups -OCH3 is 1. The van der Waals surface area contributed by atoms with Crippen molar-refractivity contribution < 1.29 is 14.3 Å². The molecule has 0 aliphatic heterocycles. The summed E-state index contributed by atoms with van der Waals surface area (Å²) < 4.78 is 10.1. The number of ether oxygens (including phenoxy) is 2. The van der Waals surface area contributed by atoms with Gasteiger partial charge in [0.15, 0.2) is 0 Å². The van der Waals surface area contributed by atoms with Gasteiger partial charge in [-0.05, 0) is 20.8 Å². The van der Waals surface area contributed by atoms with E-state index in [1.54, 1.807) is 20.8 Å². The van der Waals surface area contributed by atoms with Crippen molar-refractivity contribution in [3.63, 3.8) is 0 Å². The zero-order chi connectivity index (χ0) is 14.6. The number of amides is 1. The highest BCUT2D eigenvalue weighted by atomic mass is 35.5. The molecule has 1 amide bonds. The fourth-order valence-electron chi connectivity index (χ4n) is 1.21. The minimum atomic E-state index is -0.542. The van der Waals surface area contributed by atoms with Crippen molar-refractivity contribution in [1.29, 1.82) is 0 Å². The van der Waals surface area contributed by atoms with Gasteiger partial charge < -0.3 is 20.5 Å². The molecule has 0 aliphatic rings. The Morgan fingerprint density at radius 2 is 2.21 bits per heavy atom. The molecule has 1 aromatic rings. The first-order valence-electron chi connectivity index (χ1n) is 5.65. The van der Waals surface area contributed by atoms with Crippen LogP contribution in [0.2, 0.25) is 5.15 Å². The normalized spacial score (nSPS) is 12.9. The molecule has 0 radical (unpaired) electrons. The topological polar surface area (TPSA) is 86.5 Å². The number of thiazole rings is 1. The number of nitrogens with one attached hydrogen (secondary N) is 1. The minimum absolute atomic E-state index is 0.208. The van der Waals surface area contributed by atoms with Crippen LogP contribution in [0.3, 0.4) is 0 Å². The minimum Gasteiger partial charge on any atom is -0.473 e. The lowest BCUT2D eigenvalue weighted by molar-refractivity contribution is 0.0524. The lowest BCUT2D eigenvalue weighted by Gasteiger charge is -2.20. The first-order valence-corrected chi connectivity index (χ1v) is 6.85. The summed E-state index contributed by atoms with van der Waals surface area (Å²) in [7, 11) is 1.50. The van der Waals surface area contributed by atoms with Crippen LogP contribution < -0.4 is 15.8 Å². The predicted octanol–water partition coefficient (Wildman–Crippen LogP) is 2.33. The summed E-state index contributed by atoms with van der Waals surface area (Å²) in [5, 5.41) is 3.31. The Morgan fingerprint density at radius 3 is 2.68 bits per heavy atom. The number of halogens is 1. The Balaban J connectivity index is 2.53. The molecule has 3 N–H and O–H groups in total. The second-order valence-electron chi connectivity index (χ2n) is 4.83. The van der Waals surface area contributed by atoms with E-state index in [0.717, 1.165) is 0 Å². The molecule has 1 unspecified atom stereocenters. The number of aromatic nitrogens is 1. The maximum absolute atomic E-state index is 11.5. The van der Waals surface area contributed by atoms with E-state index in [0.29, 0.717) is 15.2 Å². The predicted molar refractivity (Wildman–Crippen MR) is 74.8 cm³/mol. The summed E-state index contributed by atoms with van der Waals surface area (Å²) >= 11 is 7.19. The monoisotopic (exact) mass is 307 g/mol. The first kappa shape index (κ1) is 16.0. The second kappa shape index (κ2) is 6.40. The van der Waals surface area contributed by atoms with Crippen LogP contribution in [0.1, 0.15) is 31.7 Å². The maximum atomic E-state index is 11.5. The van der Waals surface area contributed by atoms with E-state index in [2.05, 4.69) is 10.3 Å². The average Bonchev–Trinajstić information content (AvgIpc) is 2.65. The SMILES string of the molecule is COc1nc(Cl)c(C(N)CNC(=O)OC(C)(C)C)s1. The molecular weight excluding hydrogens is 290 g/mol. The van der Waals surface area contributed by atoms with Crippen molar-refractivity contribution in [2.75, 3.05) is 13.7 Å². The number of nitrogens with zero attached hydrogens (tertiary/aromatic N) is 1. The maximum Gasteiger partial charge on any atom is 0.407 e. The molecule has 0 aromatic carbocycles. The van der Waals surface area contributed by atoms with Gasteiger partial charge in [0.2, 0.25) is 0 Å². The first-order chi connectivity index (χ1) is 8.73. The summed E-state index contributed by atoms with van der Waals surface area (Å²) in [6.07, 6.45) is -0.518. The molecule has 1 rings (SSSR count). The van der Waals surface area contributed by atoms with Crippen molar-refractivity contribution >= 4 is 29.0 Å². The molecular formula is C11H18ClN3O3S. The fourth-order valence-corrected chi connectivity index (χ4v) is 2.37. The zero-order valence-electron chi connectivity index (χ0n) is 11.3. The van der Waals surface area contributed by atoms with Gasteiger partial charge in [0.25, 0.3) is 5.19 Å². The highest BCUT2D eigenvalue weighted by Gasteiger charge is 2.20. The van der Waals surface area contributed by atoms with Gasteiger partial charge in [0.1, 0.15) is 10.8 Å². The number of carbonyl (C=O) groups is 1. The molecule has 108 valence electrons. The average molecular weight is 308 g/mol. The molecule has 1 heterocycles. The van der Waals surface area contributed by atoms with Crippen molar-refractivity contribution in [2.24, 2.45) is 5.73 Å². The van der Waals surface area contributed by atoms with E-state index < -0.39 is 17.7 Å². The van der Waals surface area contributed by atoms with Crippen LogP contribution in [-0.2, 0) is 4.74 Å². The van der Waals surface area contributed by atoms with E-state index in [1.807, 2.05) is 0 Å². The Hall–Kier alpha value is -1.05. The van der Waals surface area contributed by atoms with Crippen LogP contribution in [-0.4, -0.2) is 30.3 Å². The summed E-state index contributed by atoms with van der Waals surface area (Å²) in [4.78, 5) is 16.1. The van der Waals surface area contributed by atoms with Crippen molar-refractivity contribution in [3.05, 3.63) is 10.0 Å². The smallest absolute Gasteiger partial charge is 0.407 e. The van der Waals surface area contributed by atoms with Crippen molar-refractivity contribution in [2.45, 2.75) is 32.4 Å². The Morgan fingerprint density at radius 1 is 1.58 bits per heavy atom. The van der Waals surface area contributed by atoms with E-state index in [9.17, 15) is 4.79 Å². The largest absolute Gasteiger partial charge is 0.473 e. The summed E-state index contributed by atoms with van der Waals surface area (Å²) in [5.41, 5.74) is 5.39. The van der Waals surface area contributed by atoms with Gasteiger partial charge in [-0.2, -0.15) is 4.98 Å². The van der Waals surface area contributed by atoms with Gasteiger partial charge in [-0.1, -0.05) is 22.9 Å². The molecule has 0 saturated carbocycles. The number of nitrogens with two attached hydrogens (primary N) is 1. The van der Waals surface area contributed by atoms with Gasteiger partial charge in [0, 0.05) is 6.54 Å². The number of rotatable bonds is 4. The molecule has 8 heteroatoms. The molecule has 0 spiro atoms. The zero-order valence-corrected chi connectivity index (χ0v) is 12.9. The Bertz CT molecular complexity index is 445. The molecule has 0 aliphatic carbocycles. The number of carbonyl (C=O) groups excluding carboxylic acids is 1. The number of hydrogen-bond acceptors (Lipinski definition) is 6. The molecule has 0 bridgehead atoms. The summed E-state index contributed by atoms with van der Waals surface area (Å²) in [6.45, 7) is 5.58. The van der Waals surface area contributed by atoms with E-state index in [1.165, 1.54) is 18.4 Å². The van der Waals surface area contributed by atoms with E-state index in [4.69, 9.17) is 26.8 Å². The van der Waals surface area contributed by atoms with Crippen LogP contribution in [0.5, 0.6) is 5.19 Å². The van der Waals surface area contributed by atoms with Gasteiger partial charge in [-0.25, -0.2) is 4.79 Å². The standard InChI is InChI=1S/C11H18ClN3O3S/c1-11(2,3)18-9(16)14-5-6(13)7-8(12)15-10(17-4)19-7/h6H,5,13H2,1-4H3,(H,14,16). The van der Waals surface area contributed by atoms with Gasteiger partial charge >= 0.3 is 6.09 Å². The van der Waals surface area contributed by atoms with Crippen LogP contribution in [0, 0.1) is 0 Å². The van der Waals surface area contributed by atoms with E-state index in [-0.39, 0.29) is 6.54 Å². The number of hydrogen-bond donors (Lipinski definition) is 2. The quantitative estimate of drug-likeness (QED) is 0.891. The fraction of sp³-hybridized carbons (Fsp3) is 0.636. The highest BCUT2D eigenvalue weighted by Crippen LogP contribution is 2.32. The third kappa shape index (κ3) is 5.22. The molecule has 1 aromatic heterocycles. The third-order valence-corrected chi connectivity index (χ3v) is 3.52. The molecule has 0 saturated heterocycles. The van der Waals surface area contributed by atoms with Crippen LogP contribution in [0.4, 0.5) is 4.79 Å². The molecule has 19 heavy (non-hydrogen) atoms. The van der Waals surface area contributed by atoms with Crippen molar-refractivity contribution in [3.8, 4) is 5.19 Å². The molecule has 1 atom stereocenters. The highest BCUT2D eigenvalue weighted by molar-refractivity contribution is 7.14. The molecule has 0 fully saturated rings. The van der Waals surface area contributed by atoms with Crippen LogP contribution in [0.25, 0.3) is 0 Å². The molecule has 6 nitrogen and oxygen atoms in total. The number of alkyl carbamates (subject to hydrolysis) is 1. The Labute approximate surface area is 121 Å². The lowest BCUT2D eigenvalue weighted by atomic mass is 10.2. The van der Waals surface area contributed by atoms with Crippen LogP contribution >= 0.6 is 22.9 Å².